The fourth-order valence-electron chi connectivity index (χ4n) is 3.70. The fraction of sp³-hybridized carbons (Fsp3) is 0.500. The molecule has 1 atom stereocenters. The van der Waals surface area contributed by atoms with Crippen molar-refractivity contribution < 1.29 is 4.79 Å². The van der Waals surface area contributed by atoms with E-state index in [1.165, 1.54) is 0 Å². The van der Waals surface area contributed by atoms with E-state index >= 15 is 0 Å². The van der Waals surface area contributed by atoms with Crippen molar-refractivity contribution in [3.63, 3.8) is 0 Å². The molecule has 6 heteroatoms. The van der Waals surface area contributed by atoms with E-state index < -0.39 is 0 Å². The van der Waals surface area contributed by atoms with E-state index in [0.29, 0.717) is 5.91 Å². The average Bonchev–Trinajstić information content (AvgIpc) is 3.25. The van der Waals surface area contributed by atoms with Gasteiger partial charge in [0.15, 0.2) is 0 Å². The molecule has 0 bridgehead atoms. The summed E-state index contributed by atoms with van der Waals surface area (Å²) in [6, 6.07) is 2.04. The van der Waals surface area contributed by atoms with Crippen LogP contribution in [0.5, 0.6) is 0 Å². The molecular formula is C16H20N4OS. The summed E-state index contributed by atoms with van der Waals surface area (Å²) in [6.07, 6.45) is 5.75. The van der Waals surface area contributed by atoms with Gasteiger partial charge >= 0.3 is 0 Å². The Balaban J connectivity index is 1.48. The minimum atomic E-state index is -0.174. The second-order valence-electron chi connectivity index (χ2n) is 6.38. The van der Waals surface area contributed by atoms with Crippen LogP contribution < -0.4 is 4.90 Å². The van der Waals surface area contributed by atoms with Crippen LogP contribution >= 0.6 is 11.3 Å². The highest BCUT2D eigenvalue weighted by Crippen LogP contribution is 2.42. The molecule has 2 saturated heterocycles. The van der Waals surface area contributed by atoms with E-state index in [1.807, 2.05) is 35.8 Å². The molecule has 116 valence electrons. The minimum absolute atomic E-state index is 0.174. The molecule has 2 aliphatic rings. The zero-order valence-corrected chi connectivity index (χ0v) is 13.6. The van der Waals surface area contributed by atoms with Crippen molar-refractivity contribution in [3.05, 3.63) is 35.0 Å². The van der Waals surface area contributed by atoms with Crippen molar-refractivity contribution in [2.75, 3.05) is 24.5 Å². The summed E-state index contributed by atoms with van der Waals surface area (Å²) >= 11 is 1.65. The zero-order valence-electron chi connectivity index (χ0n) is 12.7. The molecule has 4 rings (SSSR count). The maximum atomic E-state index is 12.9. The standard InChI is InChI=1S/C16H20N4OS/c1-18-8-5-17-14(18)10-19-6-3-16(12-19)4-7-20(15(16)21)13-2-9-22-11-13/h2,5,8-9,11H,3-4,6-7,10,12H2,1H3/t16-/m1/s1. The van der Waals surface area contributed by atoms with E-state index in [9.17, 15) is 4.79 Å². The molecule has 0 aromatic carbocycles. The Kier molecular flexibility index (Phi) is 3.31. The number of nitrogens with zero attached hydrogens (tertiary/aromatic N) is 4. The number of thiophene rings is 1. The van der Waals surface area contributed by atoms with Gasteiger partial charge in [-0.15, -0.1) is 0 Å². The predicted molar refractivity (Wildman–Crippen MR) is 86.8 cm³/mol. The molecule has 1 amide bonds. The molecule has 5 nitrogen and oxygen atoms in total. The second-order valence-corrected chi connectivity index (χ2v) is 7.16. The number of hydrogen-bond donors (Lipinski definition) is 0. The van der Waals surface area contributed by atoms with Crippen molar-refractivity contribution in [1.82, 2.24) is 14.5 Å². The van der Waals surface area contributed by atoms with Crippen molar-refractivity contribution in [1.29, 1.82) is 0 Å². The number of aryl methyl sites for hydroxylation is 1. The van der Waals surface area contributed by atoms with Gasteiger partial charge in [0.1, 0.15) is 5.82 Å². The number of carbonyl (C=O) groups is 1. The first-order chi connectivity index (χ1) is 10.7. The van der Waals surface area contributed by atoms with Gasteiger partial charge in [0.2, 0.25) is 5.91 Å². The van der Waals surface area contributed by atoms with Crippen molar-refractivity contribution in [3.8, 4) is 0 Å². The van der Waals surface area contributed by atoms with Crippen LogP contribution in [-0.4, -0.2) is 40.0 Å². The van der Waals surface area contributed by atoms with Crippen LogP contribution in [0, 0.1) is 5.41 Å². The molecule has 2 aromatic rings. The van der Waals surface area contributed by atoms with Crippen LogP contribution in [-0.2, 0) is 18.4 Å². The Bertz CT molecular complexity index is 680. The highest BCUT2D eigenvalue weighted by molar-refractivity contribution is 7.08. The number of imidazole rings is 1. The molecule has 22 heavy (non-hydrogen) atoms. The van der Waals surface area contributed by atoms with Gasteiger partial charge in [0, 0.05) is 37.9 Å². The highest BCUT2D eigenvalue weighted by Gasteiger charge is 2.51. The summed E-state index contributed by atoms with van der Waals surface area (Å²) in [5.41, 5.74) is 0.891. The number of likely N-dealkylation sites (tertiary alicyclic amines) is 1. The molecule has 2 aromatic heterocycles. The maximum Gasteiger partial charge on any atom is 0.234 e. The Morgan fingerprint density at radius 1 is 1.36 bits per heavy atom. The molecule has 0 radical (unpaired) electrons. The Labute approximate surface area is 134 Å². The molecular weight excluding hydrogens is 296 g/mol. The summed E-state index contributed by atoms with van der Waals surface area (Å²) in [4.78, 5) is 21.7. The topological polar surface area (TPSA) is 41.4 Å². The third-order valence-electron chi connectivity index (χ3n) is 5.05. The molecule has 0 saturated carbocycles. The zero-order chi connectivity index (χ0) is 15.2. The smallest absolute Gasteiger partial charge is 0.234 e. The number of aromatic nitrogens is 2. The number of anilines is 1. The molecule has 1 spiro atoms. The van der Waals surface area contributed by atoms with Gasteiger partial charge in [-0.05, 0) is 30.8 Å². The average molecular weight is 316 g/mol. The molecule has 0 unspecified atom stereocenters. The monoisotopic (exact) mass is 316 g/mol. The van der Waals surface area contributed by atoms with Gasteiger partial charge in [0.05, 0.1) is 17.6 Å². The summed E-state index contributed by atoms with van der Waals surface area (Å²) in [5.74, 6) is 1.38. The number of rotatable bonds is 3. The fourth-order valence-corrected chi connectivity index (χ4v) is 4.34. The van der Waals surface area contributed by atoms with E-state index in [0.717, 1.165) is 50.5 Å². The van der Waals surface area contributed by atoms with Crippen LogP contribution in [0.3, 0.4) is 0 Å². The first-order valence-corrected chi connectivity index (χ1v) is 8.65. The lowest BCUT2D eigenvalue weighted by Crippen LogP contribution is -2.36. The van der Waals surface area contributed by atoms with Gasteiger partial charge in [-0.1, -0.05) is 0 Å². The number of amides is 1. The first-order valence-electron chi connectivity index (χ1n) is 7.71. The maximum absolute atomic E-state index is 12.9. The van der Waals surface area contributed by atoms with Gasteiger partial charge < -0.3 is 9.47 Å². The lowest BCUT2D eigenvalue weighted by Gasteiger charge is -2.23. The van der Waals surface area contributed by atoms with Crippen LogP contribution in [0.15, 0.2) is 29.2 Å². The van der Waals surface area contributed by atoms with E-state index in [2.05, 4.69) is 19.8 Å². The first kappa shape index (κ1) is 14.0. The summed E-state index contributed by atoms with van der Waals surface area (Å²) in [5, 5.41) is 4.10. The lowest BCUT2D eigenvalue weighted by molar-refractivity contribution is -0.125. The summed E-state index contributed by atoms with van der Waals surface area (Å²) in [6.45, 7) is 3.53. The van der Waals surface area contributed by atoms with Crippen molar-refractivity contribution >= 4 is 22.9 Å². The molecule has 4 heterocycles. The second kappa shape index (κ2) is 5.21. The quantitative estimate of drug-likeness (QED) is 0.871. The van der Waals surface area contributed by atoms with Crippen LogP contribution in [0.25, 0.3) is 0 Å². The van der Waals surface area contributed by atoms with Crippen molar-refractivity contribution in [2.24, 2.45) is 12.5 Å². The van der Waals surface area contributed by atoms with Gasteiger partial charge in [-0.25, -0.2) is 4.98 Å². The predicted octanol–water partition coefficient (Wildman–Crippen LogP) is 2.11. The minimum Gasteiger partial charge on any atom is -0.337 e. The summed E-state index contributed by atoms with van der Waals surface area (Å²) < 4.78 is 2.05. The van der Waals surface area contributed by atoms with E-state index in [1.54, 1.807) is 11.3 Å². The SMILES string of the molecule is Cn1ccnc1CN1CC[C@@]2(CCN(c3ccsc3)C2=O)C1. The third-order valence-corrected chi connectivity index (χ3v) is 5.72. The largest absolute Gasteiger partial charge is 0.337 e. The van der Waals surface area contributed by atoms with Gasteiger partial charge in [-0.3, -0.25) is 9.69 Å². The Hall–Kier alpha value is -1.66. The number of carbonyl (C=O) groups excluding carboxylic acids is 1. The van der Waals surface area contributed by atoms with E-state index in [4.69, 9.17) is 0 Å². The van der Waals surface area contributed by atoms with Gasteiger partial charge in [-0.2, -0.15) is 11.3 Å². The van der Waals surface area contributed by atoms with Crippen LogP contribution in [0.1, 0.15) is 18.7 Å². The van der Waals surface area contributed by atoms with Gasteiger partial charge in [0.25, 0.3) is 0 Å². The summed E-state index contributed by atoms with van der Waals surface area (Å²) in [7, 11) is 2.02. The van der Waals surface area contributed by atoms with E-state index in [-0.39, 0.29) is 5.41 Å². The molecule has 2 aliphatic heterocycles. The molecule has 0 N–H and O–H groups in total. The molecule has 0 aliphatic carbocycles. The molecule has 2 fully saturated rings. The normalized spacial score (nSPS) is 25.7. The lowest BCUT2D eigenvalue weighted by atomic mass is 9.85. The highest BCUT2D eigenvalue weighted by atomic mass is 32.1. The Morgan fingerprint density at radius 2 is 2.23 bits per heavy atom. The van der Waals surface area contributed by atoms with Crippen LogP contribution in [0.2, 0.25) is 0 Å². The van der Waals surface area contributed by atoms with Crippen molar-refractivity contribution in [2.45, 2.75) is 19.4 Å². The van der Waals surface area contributed by atoms with Crippen LogP contribution in [0.4, 0.5) is 5.69 Å². The Morgan fingerprint density at radius 3 is 2.95 bits per heavy atom. The third kappa shape index (κ3) is 2.18. The number of hydrogen-bond acceptors (Lipinski definition) is 4.